The second-order valence-electron chi connectivity index (χ2n) is 3.34. The second kappa shape index (κ2) is 5.66. The lowest BCUT2D eigenvalue weighted by atomic mass is 10.2. The number of pyridine rings is 1. The highest BCUT2D eigenvalue weighted by Crippen LogP contribution is 2.39. The number of hydrogen-bond donors (Lipinski definition) is 1. The molecule has 0 saturated carbocycles. The van der Waals surface area contributed by atoms with E-state index in [2.05, 4.69) is 14.9 Å². The summed E-state index contributed by atoms with van der Waals surface area (Å²) in [6, 6.07) is 0. The van der Waals surface area contributed by atoms with Gasteiger partial charge in [-0.3, -0.25) is 4.98 Å². The summed E-state index contributed by atoms with van der Waals surface area (Å²) in [4.78, 5) is 1.95. The summed E-state index contributed by atoms with van der Waals surface area (Å²) < 4.78 is 88.0. The molecular formula is C8H6ClF5N2O3S. The molecule has 0 atom stereocenters. The number of sulfonamides is 1. The Morgan fingerprint density at radius 1 is 1.40 bits per heavy atom. The van der Waals surface area contributed by atoms with Crippen molar-refractivity contribution >= 4 is 21.6 Å². The maximum Gasteiger partial charge on any atom is 0.573 e. The van der Waals surface area contributed by atoms with E-state index in [1.807, 2.05) is 0 Å². The molecule has 0 aliphatic carbocycles. The van der Waals surface area contributed by atoms with Crippen LogP contribution in [0.2, 0.25) is 0 Å². The quantitative estimate of drug-likeness (QED) is 0.673. The third-order valence-corrected chi connectivity index (χ3v) is 3.14. The SMILES string of the molecule is NS(=O)(=O)c1cnc(CCl)c(C(F)F)c1OC(F)(F)F. The average Bonchev–Trinajstić information content (AvgIpc) is 2.23. The topological polar surface area (TPSA) is 82.3 Å². The zero-order valence-corrected chi connectivity index (χ0v) is 10.9. The van der Waals surface area contributed by atoms with Crippen molar-refractivity contribution in [3.8, 4) is 5.75 Å². The number of hydrogen-bond acceptors (Lipinski definition) is 4. The van der Waals surface area contributed by atoms with Crippen molar-refractivity contribution < 1.29 is 35.1 Å². The Balaban J connectivity index is 3.68. The Hall–Kier alpha value is -1.20. The van der Waals surface area contributed by atoms with E-state index in [-0.39, 0.29) is 0 Å². The molecule has 114 valence electrons. The van der Waals surface area contributed by atoms with E-state index in [0.29, 0.717) is 6.20 Å². The van der Waals surface area contributed by atoms with Gasteiger partial charge in [-0.25, -0.2) is 22.3 Å². The molecule has 0 saturated heterocycles. The van der Waals surface area contributed by atoms with Crippen molar-refractivity contribution in [3.63, 3.8) is 0 Å². The largest absolute Gasteiger partial charge is 0.573 e. The first-order valence-corrected chi connectivity index (χ1v) is 6.70. The molecule has 1 heterocycles. The van der Waals surface area contributed by atoms with Crippen LogP contribution in [0.3, 0.4) is 0 Å². The fourth-order valence-corrected chi connectivity index (χ4v) is 2.11. The number of primary sulfonamides is 1. The van der Waals surface area contributed by atoms with Gasteiger partial charge in [0.25, 0.3) is 6.43 Å². The molecule has 0 bridgehead atoms. The third-order valence-electron chi connectivity index (χ3n) is 1.99. The molecule has 1 aromatic rings. The van der Waals surface area contributed by atoms with Crippen molar-refractivity contribution in [2.24, 2.45) is 5.14 Å². The number of nitrogens with zero attached hydrogens (tertiary/aromatic N) is 1. The summed E-state index contributed by atoms with van der Waals surface area (Å²) in [5, 5.41) is 4.64. The smallest absolute Gasteiger partial charge is 0.404 e. The monoisotopic (exact) mass is 340 g/mol. The molecule has 1 rings (SSSR count). The molecule has 12 heteroatoms. The van der Waals surface area contributed by atoms with Gasteiger partial charge in [0.1, 0.15) is 4.90 Å². The van der Waals surface area contributed by atoms with Crippen LogP contribution in [-0.2, 0) is 15.9 Å². The number of aromatic nitrogens is 1. The van der Waals surface area contributed by atoms with Crippen molar-refractivity contribution in [1.29, 1.82) is 0 Å². The molecule has 5 nitrogen and oxygen atoms in total. The fourth-order valence-electron chi connectivity index (χ4n) is 1.28. The van der Waals surface area contributed by atoms with Gasteiger partial charge in [0, 0.05) is 0 Å². The summed E-state index contributed by atoms with van der Waals surface area (Å²) in [5.41, 5.74) is -2.02. The first-order chi connectivity index (χ1) is 8.97. The summed E-state index contributed by atoms with van der Waals surface area (Å²) in [6.07, 6.45) is -8.51. The minimum absolute atomic E-state index is 0.375. The molecule has 0 spiro atoms. The number of ether oxygens (including phenoxy) is 1. The van der Waals surface area contributed by atoms with Crippen LogP contribution >= 0.6 is 11.6 Å². The van der Waals surface area contributed by atoms with Crippen LogP contribution in [0.4, 0.5) is 22.0 Å². The predicted molar refractivity (Wildman–Crippen MR) is 56.8 cm³/mol. The normalized spacial score (nSPS) is 12.8. The summed E-state index contributed by atoms with van der Waals surface area (Å²) in [6.45, 7) is 0. The van der Waals surface area contributed by atoms with Crippen LogP contribution < -0.4 is 9.88 Å². The molecule has 1 aromatic heterocycles. The lowest BCUT2D eigenvalue weighted by Crippen LogP contribution is -2.23. The molecule has 0 fully saturated rings. The maximum atomic E-state index is 12.8. The second-order valence-corrected chi connectivity index (χ2v) is 5.14. The number of halogens is 6. The summed E-state index contributed by atoms with van der Waals surface area (Å²) in [7, 11) is -4.75. The molecule has 0 unspecified atom stereocenters. The van der Waals surface area contributed by atoms with Crippen LogP contribution in [0.15, 0.2) is 11.1 Å². The standard InChI is InChI=1S/C8H6ClF5N2O3S/c9-1-3-5(7(10)11)6(19-8(12,13)14)4(2-16-3)20(15,17)18/h2,7H,1H2,(H2,15,17,18). The van der Waals surface area contributed by atoms with Crippen molar-refractivity contribution in [2.45, 2.75) is 23.6 Å². The van der Waals surface area contributed by atoms with E-state index in [1.54, 1.807) is 0 Å². The van der Waals surface area contributed by atoms with Gasteiger partial charge in [0.05, 0.1) is 23.3 Å². The summed E-state index contributed by atoms with van der Waals surface area (Å²) >= 11 is 5.27. The Morgan fingerprint density at radius 2 is 1.95 bits per heavy atom. The van der Waals surface area contributed by atoms with Crippen LogP contribution in [0.1, 0.15) is 17.7 Å². The molecule has 0 aromatic carbocycles. The molecule has 2 N–H and O–H groups in total. The number of rotatable bonds is 4. The minimum Gasteiger partial charge on any atom is -0.404 e. The highest BCUT2D eigenvalue weighted by molar-refractivity contribution is 7.89. The van der Waals surface area contributed by atoms with E-state index in [4.69, 9.17) is 11.6 Å². The molecule has 0 amide bonds. The van der Waals surface area contributed by atoms with E-state index in [0.717, 1.165) is 0 Å². The van der Waals surface area contributed by atoms with E-state index in [1.165, 1.54) is 0 Å². The number of alkyl halides is 6. The predicted octanol–water partition coefficient (Wildman–Crippen LogP) is 2.30. The van der Waals surface area contributed by atoms with E-state index >= 15 is 0 Å². The Labute approximate surface area is 114 Å². The molecule has 0 radical (unpaired) electrons. The number of nitrogens with two attached hydrogens (primary N) is 1. The minimum atomic E-state index is -5.39. The van der Waals surface area contributed by atoms with Gasteiger partial charge in [0.2, 0.25) is 10.0 Å². The molecule has 0 aliphatic rings. The highest BCUT2D eigenvalue weighted by Gasteiger charge is 2.37. The van der Waals surface area contributed by atoms with Crippen LogP contribution in [0.25, 0.3) is 0 Å². The van der Waals surface area contributed by atoms with E-state index < -0.39 is 50.6 Å². The van der Waals surface area contributed by atoms with Crippen LogP contribution in [-0.4, -0.2) is 19.8 Å². The van der Waals surface area contributed by atoms with Crippen molar-refractivity contribution in [3.05, 3.63) is 17.5 Å². The average molecular weight is 341 g/mol. The Morgan fingerprint density at radius 3 is 2.30 bits per heavy atom. The maximum absolute atomic E-state index is 12.8. The van der Waals surface area contributed by atoms with Crippen LogP contribution in [0.5, 0.6) is 5.75 Å². The molecular weight excluding hydrogens is 335 g/mol. The summed E-state index contributed by atoms with van der Waals surface area (Å²) in [5.74, 6) is -2.29. The lowest BCUT2D eigenvalue weighted by molar-refractivity contribution is -0.276. The first-order valence-electron chi connectivity index (χ1n) is 4.61. The highest BCUT2D eigenvalue weighted by atomic mass is 35.5. The van der Waals surface area contributed by atoms with Crippen molar-refractivity contribution in [2.75, 3.05) is 0 Å². The van der Waals surface area contributed by atoms with Gasteiger partial charge in [-0.2, -0.15) is 0 Å². The van der Waals surface area contributed by atoms with E-state index in [9.17, 15) is 30.4 Å². The van der Waals surface area contributed by atoms with Crippen molar-refractivity contribution in [1.82, 2.24) is 4.98 Å². The van der Waals surface area contributed by atoms with Gasteiger partial charge in [-0.15, -0.1) is 24.8 Å². The van der Waals surface area contributed by atoms with Crippen LogP contribution in [0, 0.1) is 0 Å². The van der Waals surface area contributed by atoms with Gasteiger partial charge in [-0.05, 0) is 0 Å². The molecule has 0 aliphatic heterocycles. The lowest BCUT2D eigenvalue weighted by Gasteiger charge is -2.17. The van der Waals surface area contributed by atoms with Gasteiger partial charge >= 0.3 is 6.36 Å². The fraction of sp³-hybridized carbons (Fsp3) is 0.375. The zero-order chi connectivity index (χ0) is 15.7. The Bertz CT molecular complexity index is 605. The molecule has 20 heavy (non-hydrogen) atoms. The van der Waals surface area contributed by atoms with Gasteiger partial charge in [0.15, 0.2) is 5.75 Å². The zero-order valence-electron chi connectivity index (χ0n) is 9.29. The van der Waals surface area contributed by atoms with Gasteiger partial charge < -0.3 is 4.74 Å². The Kier molecular flexibility index (Phi) is 4.77. The van der Waals surface area contributed by atoms with Gasteiger partial charge in [-0.1, -0.05) is 0 Å². The first kappa shape index (κ1) is 16.9. The third kappa shape index (κ3) is 3.90.